The Morgan fingerprint density at radius 3 is 2.63 bits per heavy atom. The van der Waals surface area contributed by atoms with Crippen LogP contribution in [0.5, 0.6) is 0 Å². The summed E-state index contributed by atoms with van der Waals surface area (Å²) in [5.74, 6) is 1.48. The highest BCUT2D eigenvalue weighted by atomic mass is 127. The molecule has 0 spiro atoms. The standard InChI is InChI=1S/C18H27N7O.HI/c1-3-16-24-23-14-25(16)12-11-21-18(19-2)22-13-17(26)20-10-9-15-7-5-4-6-8-15;/h4-8,14H,3,9-13H2,1-2H3,(H,20,26)(H2,19,21,22);1H. The molecule has 0 atom stereocenters. The van der Waals surface area contributed by atoms with Crippen LogP contribution < -0.4 is 16.0 Å². The number of halogens is 1. The van der Waals surface area contributed by atoms with Crippen molar-refractivity contribution in [2.75, 3.05) is 26.7 Å². The number of guanidine groups is 1. The molecule has 2 aromatic rings. The SMILES string of the molecule is CCc1nncn1CCNC(=NC)NCC(=O)NCCc1ccccc1.I. The fraction of sp³-hybridized carbons (Fsp3) is 0.444. The zero-order chi connectivity index (χ0) is 18.6. The largest absolute Gasteiger partial charge is 0.355 e. The van der Waals surface area contributed by atoms with Crippen molar-refractivity contribution in [3.8, 4) is 0 Å². The molecule has 0 saturated heterocycles. The van der Waals surface area contributed by atoms with Gasteiger partial charge in [-0.15, -0.1) is 34.2 Å². The van der Waals surface area contributed by atoms with Crippen molar-refractivity contribution < 1.29 is 4.79 Å². The van der Waals surface area contributed by atoms with E-state index >= 15 is 0 Å². The molecular formula is C18H28IN7O. The van der Waals surface area contributed by atoms with Crippen molar-refractivity contribution in [2.24, 2.45) is 4.99 Å². The van der Waals surface area contributed by atoms with Gasteiger partial charge in [-0.05, 0) is 12.0 Å². The maximum atomic E-state index is 11.9. The summed E-state index contributed by atoms with van der Waals surface area (Å²) in [4.78, 5) is 16.0. The highest BCUT2D eigenvalue weighted by Gasteiger charge is 2.04. The predicted octanol–water partition coefficient (Wildman–Crippen LogP) is 0.982. The Hall–Kier alpha value is -2.17. The van der Waals surface area contributed by atoms with E-state index in [1.54, 1.807) is 13.4 Å². The number of aromatic nitrogens is 3. The number of rotatable bonds is 9. The minimum absolute atomic E-state index is 0. The number of aryl methyl sites for hydroxylation is 1. The van der Waals surface area contributed by atoms with Crippen LogP contribution in [0.3, 0.4) is 0 Å². The third kappa shape index (κ3) is 8.37. The van der Waals surface area contributed by atoms with E-state index in [1.807, 2.05) is 29.7 Å². The second-order valence-electron chi connectivity index (χ2n) is 5.73. The Bertz CT molecular complexity index is 703. The molecular weight excluding hydrogens is 457 g/mol. The molecule has 2 rings (SSSR count). The van der Waals surface area contributed by atoms with Gasteiger partial charge in [0, 0.05) is 33.1 Å². The topological polar surface area (TPSA) is 96.2 Å². The van der Waals surface area contributed by atoms with Gasteiger partial charge in [-0.1, -0.05) is 37.3 Å². The van der Waals surface area contributed by atoms with E-state index in [-0.39, 0.29) is 36.4 Å². The van der Waals surface area contributed by atoms with Gasteiger partial charge < -0.3 is 20.5 Å². The second kappa shape index (κ2) is 13.1. The number of aliphatic imine (C=N–C) groups is 1. The van der Waals surface area contributed by atoms with Gasteiger partial charge in [0.15, 0.2) is 5.96 Å². The molecule has 0 aliphatic heterocycles. The van der Waals surface area contributed by atoms with E-state index in [0.717, 1.165) is 25.2 Å². The van der Waals surface area contributed by atoms with Gasteiger partial charge in [0.1, 0.15) is 12.2 Å². The first-order valence-electron chi connectivity index (χ1n) is 8.84. The Morgan fingerprint density at radius 1 is 1.15 bits per heavy atom. The van der Waals surface area contributed by atoms with Gasteiger partial charge in [-0.25, -0.2) is 0 Å². The molecule has 0 saturated carbocycles. The first-order valence-corrected chi connectivity index (χ1v) is 8.84. The van der Waals surface area contributed by atoms with Crippen LogP contribution in [-0.4, -0.2) is 53.3 Å². The third-order valence-electron chi connectivity index (χ3n) is 3.88. The molecule has 0 bridgehead atoms. The van der Waals surface area contributed by atoms with Gasteiger partial charge in [-0.3, -0.25) is 9.79 Å². The number of hydrogen-bond acceptors (Lipinski definition) is 4. The van der Waals surface area contributed by atoms with Gasteiger partial charge in [0.05, 0.1) is 6.54 Å². The van der Waals surface area contributed by atoms with Crippen molar-refractivity contribution in [3.63, 3.8) is 0 Å². The van der Waals surface area contributed by atoms with Gasteiger partial charge in [0.2, 0.25) is 5.91 Å². The molecule has 3 N–H and O–H groups in total. The van der Waals surface area contributed by atoms with Crippen LogP contribution in [0, 0.1) is 0 Å². The molecule has 1 aromatic carbocycles. The molecule has 1 heterocycles. The predicted molar refractivity (Wildman–Crippen MR) is 117 cm³/mol. The number of carbonyl (C=O) groups is 1. The molecule has 1 aromatic heterocycles. The number of amides is 1. The van der Waals surface area contributed by atoms with Crippen molar-refractivity contribution in [2.45, 2.75) is 26.3 Å². The quantitative estimate of drug-likeness (QED) is 0.280. The number of benzene rings is 1. The first-order chi connectivity index (χ1) is 12.7. The van der Waals surface area contributed by atoms with E-state index in [2.05, 4.69) is 43.3 Å². The van der Waals surface area contributed by atoms with Crippen molar-refractivity contribution in [1.82, 2.24) is 30.7 Å². The van der Waals surface area contributed by atoms with E-state index in [9.17, 15) is 4.79 Å². The second-order valence-corrected chi connectivity index (χ2v) is 5.73. The summed E-state index contributed by atoms with van der Waals surface area (Å²) >= 11 is 0. The molecule has 148 valence electrons. The lowest BCUT2D eigenvalue weighted by Crippen LogP contribution is -2.44. The normalized spacial score (nSPS) is 10.8. The molecule has 9 heteroatoms. The van der Waals surface area contributed by atoms with Gasteiger partial charge in [0.25, 0.3) is 0 Å². The van der Waals surface area contributed by atoms with E-state index in [4.69, 9.17) is 0 Å². The van der Waals surface area contributed by atoms with Crippen LogP contribution in [0.2, 0.25) is 0 Å². The smallest absolute Gasteiger partial charge is 0.239 e. The summed E-state index contributed by atoms with van der Waals surface area (Å²) in [7, 11) is 1.68. The molecule has 0 fully saturated rings. The Morgan fingerprint density at radius 2 is 1.93 bits per heavy atom. The lowest BCUT2D eigenvalue weighted by atomic mass is 10.1. The molecule has 8 nitrogen and oxygen atoms in total. The number of nitrogens with one attached hydrogen (secondary N) is 3. The summed E-state index contributed by atoms with van der Waals surface area (Å²) in [6, 6.07) is 10.1. The summed E-state index contributed by atoms with van der Waals surface area (Å²) in [6.07, 6.45) is 3.38. The summed E-state index contributed by atoms with van der Waals surface area (Å²) < 4.78 is 2.00. The van der Waals surface area contributed by atoms with Crippen molar-refractivity contribution in [3.05, 3.63) is 48.0 Å². The van der Waals surface area contributed by atoms with Crippen molar-refractivity contribution in [1.29, 1.82) is 0 Å². The molecule has 0 unspecified atom stereocenters. The minimum Gasteiger partial charge on any atom is -0.355 e. The van der Waals surface area contributed by atoms with Crippen LogP contribution in [-0.2, 0) is 24.2 Å². The first kappa shape index (κ1) is 22.9. The van der Waals surface area contributed by atoms with E-state index < -0.39 is 0 Å². The minimum atomic E-state index is -0.0593. The molecule has 1 amide bonds. The monoisotopic (exact) mass is 485 g/mol. The van der Waals surface area contributed by atoms with Crippen LogP contribution in [0.1, 0.15) is 18.3 Å². The maximum Gasteiger partial charge on any atom is 0.239 e. The Kier molecular flexibility index (Phi) is 11.1. The Balaban J connectivity index is 0.00000364. The van der Waals surface area contributed by atoms with E-state index in [1.165, 1.54) is 5.56 Å². The van der Waals surface area contributed by atoms with Gasteiger partial charge >= 0.3 is 0 Å². The summed E-state index contributed by atoms with van der Waals surface area (Å²) in [5.41, 5.74) is 1.21. The molecule has 0 aliphatic carbocycles. The average Bonchev–Trinajstić information content (AvgIpc) is 3.13. The lowest BCUT2D eigenvalue weighted by Gasteiger charge is -2.12. The highest BCUT2D eigenvalue weighted by molar-refractivity contribution is 14.0. The van der Waals surface area contributed by atoms with Crippen LogP contribution in [0.15, 0.2) is 41.7 Å². The fourth-order valence-electron chi connectivity index (χ4n) is 2.47. The molecule has 0 aliphatic rings. The number of carbonyl (C=O) groups excluding carboxylic acids is 1. The number of nitrogens with zero attached hydrogens (tertiary/aromatic N) is 4. The Labute approximate surface area is 177 Å². The molecule has 0 radical (unpaired) electrons. The highest BCUT2D eigenvalue weighted by Crippen LogP contribution is 1.98. The number of hydrogen-bond donors (Lipinski definition) is 3. The fourth-order valence-corrected chi connectivity index (χ4v) is 2.47. The van der Waals surface area contributed by atoms with Crippen LogP contribution >= 0.6 is 24.0 Å². The summed E-state index contributed by atoms with van der Waals surface area (Å²) in [6.45, 7) is 4.25. The molecule has 27 heavy (non-hydrogen) atoms. The maximum absolute atomic E-state index is 11.9. The lowest BCUT2D eigenvalue weighted by molar-refractivity contribution is -0.119. The summed E-state index contributed by atoms with van der Waals surface area (Å²) in [5, 5.41) is 17.0. The zero-order valence-electron chi connectivity index (χ0n) is 15.8. The van der Waals surface area contributed by atoms with Gasteiger partial charge in [-0.2, -0.15) is 0 Å². The van der Waals surface area contributed by atoms with Crippen molar-refractivity contribution >= 4 is 35.8 Å². The average molecular weight is 485 g/mol. The third-order valence-corrected chi connectivity index (χ3v) is 3.88. The van der Waals surface area contributed by atoms with Crippen LogP contribution in [0.4, 0.5) is 0 Å². The zero-order valence-corrected chi connectivity index (χ0v) is 18.1. The van der Waals surface area contributed by atoms with E-state index in [0.29, 0.717) is 19.0 Å². The van der Waals surface area contributed by atoms with Crippen LogP contribution in [0.25, 0.3) is 0 Å².